The summed E-state index contributed by atoms with van der Waals surface area (Å²) in [5.41, 5.74) is 1.07. The molecular formula is C12H13N3O3. The van der Waals surface area contributed by atoms with Gasteiger partial charge in [0.25, 0.3) is 0 Å². The Morgan fingerprint density at radius 2 is 2.44 bits per heavy atom. The number of hydrogen-bond donors (Lipinski definition) is 2. The first-order valence-corrected chi connectivity index (χ1v) is 5.86. The zero-order chi connectivity index (χ0) is 12.7. The van der Waals surface area contributed by atoms with Gasteiger partial charge in [-0.05, 0) is 18.4 Å². The quantitative estimate of drug-likeness (QED) is 0.844. The summed E-state index contributed by atoms with van der Waals surface area (Å²) in [5, 5.41) is 9.10. The van der Waals surface area contributed by atoms with Crippen molar-refractivity contribution >= 4 is 17.1 Å². The van der Waals surface area contributed by atoms with E-state index in [0.717, 1.165) is 6.42 Å². The summed E-state index contributed by atoms with van der Waals surface area (Å²) >= 11 is 0. The maximum absolute atomic E-state index is 11.1. The molecule has 3 rings (SSSR count). The molecule has 1 aliphatic heterocycles. The number of pyridine rings is 1. The summed E-state index contributed by atoms with van der Waals surface area (Å²) in [6, 6.07) is 1.46. The third kappa shape index (κ3) is 1.65. The highest BCUT2D eigenvalue weighted by molar-refractivity contribution is 5.99. The van der Waals surface area contributed by atoms with Crippen LogP contribution in [-0.2, 0) is 4.74 Å². The van der Waals surface area contributed by atoms with Crippen molar-refractivity contribution in [1.29, 1.82) is 0 Å². The Hall–Kier alpha value is -1.95. The van der Waals surface area contributed by atoms with E-state index in [1.54, 1.807) is 0 Å². The zero-order valence-corrected chi connectivity index (χ0v) is 9.88. The minimum Gasteiger partial charge on any atom is -0.478 e. The lowest BCUT2D eigenvalue weighted by molar-refractivity contribution is 0.0698. The fourth-order valence-electron chi connectivity index (χ4n) is 2.29. The Morgan fingerprint density at radius 1 is 1.61 bits per heavy atom. The van der Waals surface area contributed by atoms with Gasteiger partial charge in [0.15, 0.2) is 5.65 Å². The van der Waals surface area contributed by atoms with Crippen molar-refractivity contribution in [1.82, 2.24) is 15.0 Å². The zero-order valence-electron chi connectivity index (χ0n) is 9.88. The molecule has 6 nitrogen and oxygen atoms in total. The first-order valence-electron chi connectivity index (χ1n) is 5.86. The Labute approximate surface area is 103 Å². The lowest BCUT2D eigenvalue weighted by atomic mass is 10.0. The number of carboxylic acid groups (broad SMARTS) is 1. The number of nitrogens with zero attached hydrogens (tertiary/aromatic N) is 2. The summed E-state index contributed by atoms with van der Waals surface area (Å²) in [4.78, 5) is 22.6. The van der Waals surface area contributed by atoms with Gasteiger partial charge in [-0.3, -0.25) is 0 Å². The molecule has 2 unspecified atom stereocenters. The lowest BCUT2D eigenvalue weighted by Gasteiger charge is -2.10. The summed E-state index contributed by atoms with van der Waals surface area (Å²) in [5.74, 6) is 0.0491. The number of aromatic nitrogens is 3. The van der Waals surface area contributed by atoms with Crippen LogP contribution in [0.25, 0.3) is 11.2 Å². The predicted molar refractivity (Wildman–Crippen MR) is 63.3 cm³/mol. The third-order valence-corrected chi connectivity index (χ3v) is 3.30. The van der Waals surface area contributed by atoms with Gasteiger partial charge in [-0.2, -0.15) is 0 Å². The van der Waals surface area contributed by atoms with Gasteiger partial charge < -0.3 is 14.8 Å². The fraction of sp³-hybridized carbons (Fsp3) is 0.417. The van der Waals surface area contributed by atoms with E-state index in [1.807, 2.05) is 0 Å². The molecule has 0 bridgehead atoms. The first kappa shape index (κ1) is 11.2. The van der Waals surface area contributed by atoms with E-state index in [4.69, 9.17) is 9.84 Å². The van der Waals surface area contributed by atoms with Crippen molar-refractivity contribution in [3.8, 4) is 0 Å². The van der Waals surface area contributed by atoms with Crippen LogP contribution < -0.4 is 0 Å². The van der Waals surface area contributed by atoms with Gasteiger partial charge in [-0.1, -0.05) is 6.92 Å². The van der Waals surface area contributed by atoms with Crippen molar-refractivity contribution in [2.45, 2.75) is 19.4 Å². The summed E-state index contributed by atoms with van der Waals surface area (Å²) in [6.45, 7) is 2.80. The number of aromatic amines is 1. The maximum atomic E-state index is 11.1. The number of imidazole rings is 1. The predicted octanol–water partition coefficient (Wildman–Crippen LogP) is 1.75. The van der Waals surface area contributed by atoms with Crippen molar-refractivity contribution in [2.24, 2.45) is 5.92 Å². The van der Waals surface area contributed by atoms with Gasteiger partial charge in [-0.25, -0.2) is 14.8 Å². The number of nitrogens with one attached hydrogen (secondary N) is 1. The van der Waals surface area contributed by atoms with E-state index in [0.29, 0.717) is 29.5 Å². The molecule has 94 valence electrons. The molecule has 2 aromatic rings. The van der Waals surface area contributed by atoms with E-state index >= 15 is 0 Å². The van der Waals surface area contributed by atoms with Gasteiger partial charge >= 0.3 is 5.97 Å². The Kier molecular flexibility index (Phi) is 2.52. The van der Waals surface area contributed by atoms with Crippen LogP contribution in [0.5, 0.6) is 0 Å². The molecule has 0 radical (unpaired) electrons. The van der Waals surface area contributed by atoms with Crippen molar-refractivity contribution < 1.29 is 14.6 Å². The van der Waals surface area contributed by atoms with E-state index in [1.165, 1.54) is 12.3 Å². The number of carboxylic acids is 1. The molecule has 1 fully saturated rings. The number of rotatable bonds is 2. The molecule has 3 heterocycles. The highest BCUT2D eigenvalue weighted by Crippen LogP contribution is 2.33. The van der Waals surface area contributed by atoms with E-state index < -0.39 is 5.97 Å². The maximum Gasteiger partial charge on any atom is 0.338 e. The van der Waals surface area contributed by atoms with Crippen LogP contribution in [0.3, 0.4) is 0 Å². The number of carbonyl (C=O) groups is 1. The van der Waals surface area contributed by atoms with Crippen LogP contribution in [-0.4, -0.2) is 32.6 Å². The van der Waals surface area contributed by atoms with Crippen LogP contribution in [0.15, 0.2) is 12.3 Å². The molecule has 1 aliphatic rings. The molecule has 0 amide bonds. The number of aromatic carboxylic acids is 1. The van der Waals surface area contributed by atoms with E-state index in [-0.39, 0.29) is 11.7 Å². The van der Waals surface area contributed by atoms with Gasteiger partial charge in [0.1, 0.15) is 11.9 Å². The number of fused-ring (bicyclic) bond motifs is 1. The average molecular weight is 247 g/mol. The molecule has 0 aromatic carbocycles. The fourth-order valence-corrected chi connectivity index (χ4v) is 2.29. The molecular weight excluding hydrogens is 234 g/mol. The van der Waals surface area contributed by atoms with Crippen molar-refractivity contribution in [2.75, 3.05) is 6.61 Å². The molecule has 2 aromatic heterocycles. The van der Waals surface area contributed by atoms with Gasteiger partial charge in [0.05, 0.1) is 11.1 Å². The highest BCUT2D eigenvalue weighted by atomic mass is 16.5. The average Bonchev–Trinajstić information content (AvgIpc) is 2.92. The van der Waals surface area contributed by atoms with Gasteiger partial charge in [-0.15, -0.1) is 0 Å². The molecule has 6 heteroatoms. The normalized spacial score (nSPS) is 23.6. The summed E-state index contributed by atoms with van der Waals surface area (Å²) in [6.07, 6.45) is 2.34. The summed E-state index contributed by atoms with van der Waals surface area (Å²) < 4.78 is 5.61. The lowest BCUT2D eigenvalue weighted by Crippen LogP contribution is -2.05. The molecule has 18 heavy (non-hydrogen) atoms. The minimum absolute atomic E-state index is 0.0964. The van der Waals surface area contributed by atoms with E-state index in [2.05, 4.69) is 21.9 Å². The van der Waals surface area contributed by atoms with E-state index in [9.17, 15) is 4.79 Å². The Balaban J connectivity index is 2.11. The van der Waals surface area contributed by atoms with Crippen LogP contribution in [0.2, 0.25) is 0 Å². The minimum atomic E-state index is -0.988. The van der Waals surface area contributed by atoms with Crippen LogP contribution in [0.1, 0.15) is 35.6 Å². The monoisotopic (exact) mass is 247 g/mol. The van der Waals surface area contributed by atoms with Gasteiger partial charge in [0.2, 0.25) is 0 Å². The number of hydrogen-bond acceptors (Lipinski definition) is 4. The third-order valence-electron chi connectivity index (χ3n) is 3.30. The molecule has 2 N–H and O–H groups in total. The van der Waals surface area contributed by atoms with Crippen LogP contribution in [0, 0.1) is 5.92 Å². The largest absolute Gasteiger partial charge is 0.478 e. The SMILES string of the molecule is CC1CCOC1c1nc2nccc(C(=O)O)c2[nH]1. The second-order valence-electron chi connectivity index (χ2n) is 4.54. The molecule has 1 saturated heterocycles. The first-order chi connectivity index (χ1) is 8.66. The van der Waals surface area contributed by atoms with Crippen LogP contribution in [0.4, 0.5) is 0 Å². The molecule has 0 aliphatic carbocycles. The van der Waals surface area contributed by atoms with Crippen molar-refractivity contribution in [3.63, 3.8) is 0 Å². The highest BCUT2D eigenvalue weighted by Gasteiger charge is 2.29. The topological polar surface area (TPSA) is 88.1 Å². The van der Waals surface area contributed by atoms with Gasteiger partial charge in [0, 0.05) is 12.8 Å². The standard InChI is InChI=1S/C12H13N3O3/c1-6-3-5-18-9(6)11-14-8-7(12(16)17)2-4-13-10(8)15-11/h2,4,6,9H,3,5H2,1H3,(H,16,17)(H,13,14,15). The number of ether oxygens (including phenoxy) is 1. The molecule has 2 atom stereocenters. The van der Waals surface area contributed by atoms with Crippen molar-refractivity contribution in [3.05, 3.63) is 23.7 Å². The number of H-pyrrole nitrogens is 1. The Morgan fingerprint density at radius 3 is 3.11 bits per heavy atom. The molecule has 0 saturated carbocycles. The second-order valence-corrected chi connectivity index (χ2v) is 4.54. The Bertz CT molecular complexity index is 608. The summed E-state index contributed by atoms with van der Waals surface area (Å²) in [7, 11) is 0. The smallest absolute Gasteiger partial charge is 0.338 e. The molecule has 0 spiro atoms. The van der Waals surface area contributed by atoms with Crippen LogP contribution >= 0.6 is 0 Å². The second kappa shape index (κ2) is 4.06.